The van der Waals surface area contributed by atoms with Crippen molar-refractivity contribution < 1.29 is 0 Å². The Morgan fingerprint density at radius 1 is 1.33 bits per heavy atom. The molecule has 1 saturated carbocycles. The summed E-state index contributed by atoms with van der Waals surface area (Å²) < 4.78 is 0. The molecule has 1 aliphatic carbocycles. The molecule has 1 fully saturated rings. The first kappa shape index (κ1) is 10.1. The summed E-state index contributed by atoms with van der Waals surface area (Å²) in [6, 6.07) is 5.79. The summed E-state index contributed by atoms with van der Waals surface area (Å²) in [6.45, 7) is 2.31. The summed E-state index contributed by atoms with van der Waals surface area (Å²) in [7, 11) is 0. The van der Waals surface area contributed by atoms with Crippen LogP contribution in [0.25, 0.3) is 0 Å². The first-order valence-electron chi connectivity index (χ1n) is 5.57. The van der Waals surface area contributed by atoms with E-state index in [0.29, 0.717) is 0 Å². The maximum absolute atomic E-state index is 4.39. The van der Waals surface area contributed by atoms with E-state index in [-0.39, 0.29) is 0 Å². The van der Waals surface area contributed by atoms with Crippen molar-refractivity contribution in [1.82, 2.24) is 4.98 Å². The second-order valence-electron chi connectivity index (χ2n) is 4.19. The van der Waals surface area contributed by atoms with E-state index in [9.17, 15) is 0 Å². The van der Waals surface area contributed by atoms with Crippen LogP contribution in [0.15, 0.2) is 29.5 Å². The van der Waals surface area contributed by atoms with Gasteiger partial charge in [0.1, 0.15) is 5.82 Å². The number of nitrogens with zero attached hydrogens (tertiary/aromatic N) is 2. The van der Waals surface area contributed by atoms with Gasteiger partial charge in [0, 0.05) is 11.9 Å². The van der Waals surface area contributed by atoms with Gasteiger partial charge in [0.05, 0.1) is 0 Å². The van der Waals surface area contributed by atoms with Gasteiger partial charge in [-0.25, -0.2) is 4.98 Å². The molecule has 1 aromatic heterocycles. The molecule has 0 saturated heterocycles. The van der Waals surface area contributed by atoms with Gasteiger partial charge in [0.2, 0.25) is 0 Å². The van der Waals surface area contributed by atoms with E-state index in [1.807, 2.05) is 18.2 Å². The number of hydrazone groups is 1. The average Bonchev–Trinajstić information content (AvgIpc) is 2.30. The molecule has 3 heteroatoms. The minimum Gasteiger partial charge on any atom is -0.261 e. The molecule has 3 nitrogen and oxygen atoms in total. The molecule has 2 rings (SSSR count). The highest BCUT2D eigenvalue weighted by molar-refractivity contribution is 5.85. The number of pyridine rings is 1. The van der Waals surface area contributed by atoms with Gasteiger partial charge in [-0.05, 0) is 43.7 Å². The van der Waals surface area contributed by atoms with Crippen molar-refractivity contribution in [2.45, 2.75) is 32.6 Å². The first-order chi connectivity index (χ1) is 7.34. The van der Waals surface area contributed by atoms with Crippen LogP contribution in [-0.2, 0) is 0 Å². The van der Waals surface area contributed by atoms with Crippen molar-refractivity contribution >= 4 is 11.5 Å². The van der Waals surface area contributed by atoms with Crippen molar-refractivity contribution in [3.63, 3.8) is 0 Å². The predicted molar refractivity (Wildman–Crippen MR) is 62.9 cm³/mol. The van der Waals surface area contributed by atoms with E-state index in [2.05, 4.69) is 22.4 Å². The number of hydrogen-bond donors (Lipinski definition) is 1. The number of rotatable bonds is 2. The molecule has 80 valence electrons. The Morgan fingerprint density at radius 2 is 2.13 bits per heavy atom. The zero-order chi connectivity index (χ0) is 10.5. The maximum Gasteiger partial charge on any atom is 0.146 e. The van der Waals surface area contributed by atoms with Gasteiger partial charge in [-0.2, -0.15) is 5.10 Å². The second-order valence-corrected chi connectivity index (χ2v) is 4.19. The van der Waals surface area contributed by atoms with Gasteiger partial charge in [-0.1, -0.05) is 13.0 Å². The third-order valence-corrected chi connectivity index (χ3v) is 2.84. The Kier molecular flexibility index (Phi) is 3.33. The van der Waals surface area contributed by atoms with Crippen molar-refractivity contribution in [3.8, 4) is 0 Å². The van der Waals surface area contributed by atoms with Crippen LogP contribution in [0.5, 0.6) is 0 Å². The number of aromatic nitrogens is 1. The van der Waals surface area contributed by atoms with Crippen molar-refractivity contribution in [1.29, 1.82) is 0 Å². The largest absolute Gasteiger partial charge is 0.261 e. The van der Waals surface area contributed by atoms with Gasteiger partial charge in [0.25, 0.3) is 0 Å². The van der Waals surface area contributed by atoms with Crippen LogP contribution in [0.1, 0.15) is 32.6 Å². The van der Waals surface area contributed by atoms with E-state index in [1.165, 1.54) is 18.6 Å². The van der Waals surface area contributed by atoms with Crippen molar-refractivity contribution in [2.75, 3.05) is 5.43 Å². The summed E-state index contributed by atoms with van der Waals surface area (Å²) in [5.41, 5.74) is 4.28. The fourth-order valence-corrected chi connectivity index (χ4v) is 1.77. The van der Waals surface area contributed by atoms with Crippen LogP contribution in [0.4, 0.5) is 5.82 Å². The number of anilines is 1. The van der Waals surface area contributed by atoms with Gasteiger partial charge in [-0.15, -0.1) is 0 Å². The van der Waals surface area contributed by atoms with Crippen LogP contribution >= 0.6 is 0 Å². The zero-order valence-corrected chi connectivity index (χ0v) is 9.11. The van der Waals surface area contributed by atoms with Crippen molar-refractivity contribution in [2.24, 2.45) is 11.0 Å². The molecule has 0 spiro atoms. The van der Waals surface area contributed by atoms with Gasteiger partial charge in [-0.3, -0.25) is 5.43 Å². The maximum atomic E-state index is 4.39. The third kappa shape index (κ3) is 3.05. The molecular formula is C12H17N3. The monoisotopic (exact) mass is 203 g/mol. The molecule has 1 aromatic rings. The Balaban J connectivity index is 1.89. The lowest BCUT2D eigenvalue weighted by molar-refractivity contribution is 0.483. The number of nitrogens with one attached hydrogen (secondary N) is 1. The average molecular weight is 203 g/mol. The fourth-order valence-electron chi connectivity index (χ4n) is 1.77. The minimum atomic E-state index is 0.823. The topological polar surface area (TPSA) is 37.3 Å². The highest BCUT2D eigenvalue weighted by Gasteiger charge is 2.13. The molecule has 0 unspecified atom stereocenters. The van der Waals surface area contributed by atoms with Crippen LogP contribution in [-0.4, -0.2) is 10.7 Å². The summed E-state index contributed by atoms with van der Waals surface area (Å²) >= 11 is 0. The lowest BCUT2D eigenvalue weighted by Gasteiger charge is -2.18. The van der Waals surface area contributed by atoms with E-state index in [1.54, 1.807) is 6.20 Å². The highest BCUT2D eigenvalue weighted by Crippen LogP contribution is 2.21. The van der Waals surface area contributed by atoms with Gasteiger partial charge >= 0.3 is 0 Å². The molecular weight excluding hydrogens is 186 g/mol. The summed E-state index contributed by atoms with van der Waals surface area (Å²) in [5, 5.41) is 4.39. The van der Waals surface area contributed by atoms with Crippen LogP contribution in [0.2, 0.25) is 0 Å². The molecule has 0 atom stereocenters. The van der Waals surface area contributed by atoms with Crippen LogP contribution < -0.4 is 5.43 Å². The molecule has 0 aromatic carbocycles. The molecule has 0 radical (unpaired) electrons. The van der Waals surface area contributed by atoms with Crippen LogP contribution in [0, 0.1) is 5.92 Å². The zero-order valence-electron chi connectivity index (χ0n) is 9.11. The highest BCUT2D eigenvalue weighted by atomic mass is 15.3. The molecule has 1 heterocycles. The van der Waals surface area contributed by atoms with Gasteiger partial charge in [0.15, 0.2) is 0 Å². The third-order valence-electron chi connectivity index (χ3n) is 2.84. The second kappa shape index (κ2) is 4.91. The van der Waals surface area contributed by atoms with Crippen molar-refractivity contribution in [3.05, 3.63) is 24.4 Å². The Hall–Kier alpha value is -1.38. The van der Waals surface area contributed by atoms with E-state index in [0.717, 1.165) is 24.6 Å². The molecule has 0 aliphatic heterocycles. The lowest BCUT2D eigenvalue weighted by Crippen LogP contribution is -2.13. The van der Waals surface area contributed by atoms with E-state index in [4.69, 9.17) is 0 Å². The van der Waals surface area contributed by atoms with E-state index < -0.39 is 0 Å². The quantitative estimate of drug-likeness (QED) is 0.750. The lowest BCUT2D eigenvalue weighted by atomic mass is 9.90. The molecule has 1 aliphatic rings. The normalized spacial score (nSPS) is 21.1. The predicted octanol–water partition coefficient (Wildman–Crippen LogP) is 3.06. The Morgan fingerprint density at radius 3 is 2.80 bits per heavy atom. The van der Waals surface area contributed by atoms with E-state index >= 15 is 0 Å². The first-order valence-corrected chi connectivity index (χ1v) is 5.57. The summed E-state index contributed by atoms with van der Waals surface area (Å²) in [6.07, 6.45) is 6.55. The smallest absolute Gasteiger partial charge is 0.146 e. The molecule has 15 heavy (non-hydrogen) atoms. The molecule has 0 bridgehead atoms. The van der Waals surface area contributed by atoms with Crippen LogP contribution in [0.3, 0.4) is 0 Å². The minimum absolute atomic E-state index is 0.823. The summed E-state index contributed by atoms with van der Waals surface area (Å²) in [4.78, 5) is 4.16. The molecule has 0 amide bonds. The Labute approximate surface area is 90.6 Å². The Bertz CT molecular complexity index is 322. The SMILES string of the molecule is CC1CCC(=NNc2ccccn2)CC1. The molecule has 1 N–H and O–H groups in total. The number of hydrogen-bond acceptors (Lipinski definition) is 3. The standard InChI is InChI=1S/C12H17N3/c1-10-5-7-11(8-6-10)14-15-12-4-2-3-9-13-12/h2-4,9-10H,5-8H2,1H3,(H,13,15). The van der Waals surface area contributed by atoms with Gasteiger partial charge < -0.3 is 0 Å². The summed E-state index contributed by atoms with van der Waals surface area (Å²) in [5.74, 6) is 1.68. The fraction of sp³-hybridized carbons (Fsp3) is 0.500.